The summed E-state index contributed by atoms with van der Waals surface area (Å²) in [5.41, 5.74) is 6.07. The van der Waals surface area contributed by atoms with Crippen LogP contribution in [0.3, 0.4) is 0 Å². The summed E-state index contributed by atoms with van der Waals surface area (Å²) < 4.78 is 4.49. The lowest BCUT2D eigenvalue weighted by Gasteiger charge is -2.06. The number of phenolic OH excluding ortho intramolecular Hbond substituents is 1. The van der Waals surface area contributed by atoms with Crippen LogP contribution in [0, 0.1) is 11.3 Å². The molecule has 0 bridgehead atoms. The summed E-state index contributed by atoms with van der Waals surface area (Å²) in [4.78, 5) is 11.2. The maximum Gasteiger partial charge on any atom is 0.337 e. The number of phenols is 1. The van der Waals surface area contributed by atoms with Crippen molar-refractivity contribution in [2.75, 3.05) is 7.11 Å². The van der Waals surface area contributed by atoms with Gasteiger partial charge in [-0.05, 0) is 17.7 Å². The van der Waals surface area contributed by atoms with Crippen molar-refractivity contribution < 1.29 is 14.6 Å². The summed E-state index contributed by atoms with van der Waals surface area (Å²) in [5, 5.41) is 18.2. The molecule has 0 heterocycles. The lowest BCUT2D eigenvalue weighted by Crippen LogP contribution is -2.06. The SMILES string of the molecule is COC(=O)c1cc(O)c(C#N)c(CN)c1. The zero-order valence-corrected chi connectivity index (χ0v) is 8.15. The molecular formula is C10H10N2O3. The van der Waals surface area contributed by atoms with Gasteiger partial charge in [0.2, 0.25) is 0 Å². The Bertz CT molecular complexity index is 435. The molecule has 0 fully saturated rings. The minimum atomic E-state index is -0.579. The number of rotatable bonds is 2. The minimum Gasteiger partial charge on any atom is -0.507 e. The fourth-order valence-corrected chi connectivity index (χ4v) is 1.21. The van der Waals surface area contributed by atoms with E-state index < -0.39 is 5.97 Å². The minimum absolute atomic E-state index is 0.0707. The molecule has 0 unspecified atom stereocenters. The van der Waals surface area contributed by atoms with E-state index in [1.807, 2.05) is 6.07 Å². The first-order valence-corrected chi connectivity index (χ1v) is 4.18. The van der Waals surface area contributed by atoms with Gasteiger partial charge in [-0.3, -0.25) is 0 Å². The van der Waals surface area contributed by atoms with Crippen LogP contribution in [0.25, 0.3) is 0 Å². The number of esters is 1. The first kappa shape index (κ1) is 11.0. The number of carbonyl (C=O) groups excluding carboxylic acids is 1. The Morgan fingerprint density at radius 1 is 1.67 bits per heavy atom. The van der Waals surface area contributed by atoms with Gasteiger partial charge in [0, 0.05) is 6.54 Å². The van der Waals surface area contributed by atoms with Crippen molar-refractivity contribution in [3.63, 3.8) is 0 Å². The highest BCUT2D eigenvalue weighted by atomic mass is 16.5. The first-order chi connectivity index (χ1) is 7.13. The molecule has 1 aromatic rings. The van der Waals surface area contributed by atoms with Crippen LogP contribution in [-0.2, 0) is 11.3 Å². The standard InChI is InChI=1S/C10H10N2O3/c1-15-10(14)6-2-7(4-11)8(5-12)9(13)3-6/h2-3,13H,4,11H2,1H3. The first-order valence-electron chi connectivity index (χ1n) is 4.18. The van der Waals surface area contributed by atoms with Gasteiger partial charge in [-0.2, -0.15) is 5.26 Å². The van der Waals surface area contributed by atoms with Gasteiger partial charge in [0.1, 0.15) is 11.8 Å². The molecule has 3 N–H and O–H groups in total. The van der Waals surface area contributed by atoms with Crippen molar-refractivity contribution in [1.29, 1.82) is 5.26 Å². The summed E-state index contributed by atoms with van der Waals surface area (Å²) in [7, 11) is 1.24. The molecule has 1 rings (SSSR count). The van der Waals surface area contributed by atoms with Crippen LogP contribution in [0.4, 0.5) is 0 Å². The van der Waals surface area contributed by atoms with Crippen LogP contribution >= 0.6 is 0 Å². The third-order valence-corrected chi connectivity index (χ3v) is 1.95. The van der Waals surface area contributed by atoms with E-state index in [4.69, 9.17) is 11.0 Å². The largest absolute Gasteiger partial charge is 0.507 e. The van der Waals surface area contributed by atoms with Gasteiger partial charge in [-0.15, -0.1) is 0 Å². The molecule has 5 heteroatoms. The predicted molar refractivity (Wildman–Crippen MR) is 52.1 cm³/mol. The zero-order valence-electron chi connectivity index (χ0n) is 8.15. The van der Waals surface area contributed by atoms with Crippen LogP contribution in [0.2, 0.25) is 0 Å². The van der Waals surface area contributed by atoms with E-state index in [9.17, 15) is 9.90 Å². The lowest BCUT2D eigenvalue weighted by molar-refractivity contribution is 0.0600. The molecule has 0 aliphatic heterocycles. The van der Waals surface area contributed by atoms with Crippen molar-refractivity contribution in [2.45, 2.75) is 6.54 Å². The highest BCUT2D eigenvalue weighted by molar-refractivity contribution is 5.90. The van der Waals surface area contributed by atoms with Crippen molar-refractivity contribution >= 4 is 5.97 Å². The Morgan fingerprint density at radius 3 is 2.80 bits per heavy atom. The molecule has 0 aliphatic carbocycles. The molecular weight excluding hydrogens is 196 g/mol. The number of benzene rings is 1. The molecule has 1 aromatic carbocycles. The average Bonchev–Trinajstić information content (AvgIpc) is 2.26. The number of ether oxygens (including phenoxy) is 1. The predicted octanol–water partition coefficient (Wildman–Crippen LogP) is 0.509. The van der Waals surface area contributed by atoms with E-state index in [0.29, 0.717) is 5.56 Å². The second-order valence-electron chi connectivity index (χ2n) is 2.84. The van der Waals surface area contributed by atoms with Crippen LogP contribution in [0.1, 0.15) is 21.5 Å². The Hall–Kier alpha value is -2.06. The van der Waals surface area contributed by atoms with Gasteiger partial charge < -0.3 is 15.6 Å². The molecule has 0 saturated carbocycles. The number of nitrogens with two attached hydrogens (primary N) is 1. The van der Waals surface area contributed by atoms with Crippen molar-refractivity contribution in [2.24, 2.45) is 5.73 Å². The van der Waals surface area contributed by atoms with E-state index in [1.165, 1.54) is 19.2 Å². The molecule has 0 aromatic heterocycles. The zero-order chi connectivity index (χ0) is 11.4. The Kier molecular flexibility index (Phi) is 3.26. The van der Waals surface area contributed by atoms with Crippen LogP contribution in [0.5, 0.6) is 5.75 Å². The number of nitrogens with zero attached hydrogens (tertiary/aromatic N) is 1. The molecule has 5 nitrogen and oxygen atoms in total. The fraction of sp³-hybridized carbons (Fsp3) is 0.200. The smallest absolute Gasteiger partial charge is 0.337 e. The summed E-state index contributed by atoms with van der Waals surface area (Å²) in [5.74, 6) is -0.842. The Balaban J connectivity index is 3.33. The highest BCUT2D eigenvalue weighted by Crippen LogP contribution is 2.23. The molecule has 0 atom stereocenters. The fourth-order valence-electron chi connectivity index (χ4n) is 1.21. The molecule has 0 spiro atoms. The molecule has 78 valence electrons. The molecule has 15 heavy (non-hydrogen) atoms. The third kappa shape index (κ3) is 2.06. The molecule has 0 radical (unpaired) electrons. The summed E-state index contributed by atoms with van der Waals surface area (Å²) >= 11 is 0. The maximum atomic E-state index is 11.2. The van der Waals surface area contributed by atoms with Crippen molar-refractivity contribution in [3.05, 3.63) is 28.8 Å². The van der Waals surface area contributed by atoms with E-state index in [1.54, 1.807) is 0 Å². The van der Waals surface area contributed by atoms with Gasteiger partial charge in [-0.25, -0.2) is 4.79 Å². The summed E-state index contributed by atoms with van der Waals surface area (Å²) in [6, 6.07) is 4.44. The normalized spacial score (nSPS) is 9.40. The van der Waals surface area contributed by atoms with Crippen molar-refractivity contribution in [1.82, 2.24) is 0 Å². The molecule has 0 amide bonds. The Morgan fingerprint density at radius 2 is 2.33 bits per heavy atom. The monoisotopic (exact) mass is 206 g/mol. The number of carbonyl (C=O) groups is 1. The van der Waals surface area contributed by atoms with E-state index in [0.717, 1.165) is 0 Å². The van der Waals surface area contributed by atoms with Crippen LogP contribution < -0.4 is 5.73 Å². The van der Waals surface area contributed by atoms with Gasteiger partial charge in [-0.1, -0.05) is 0 Å². The van der Waals surface area contributed by atoms with Gasteiger partial charge in [0.25, 0.3) is 0 Å². The number of hydrogen-bond acceptors (Lipinski definition) is 5. The third-order valence-electron chi connectivity index (χ3n) is 1.95. The number of hydrogen-bond donors (Lipinski definition) is 2. The molecule has 0 aliphatic rings. The number of methoxy groups -OCH3 is 1. The van der Waals surface area contributed by atoms with Crippen LogP contribution in [0.15, 0.2) is 12.1 Å². The second-order valence-corrected chi connectivity index (χ2v) is 2.84. The summed E-state index contributed by atoms with van der Waals surface area (Å²) in [6.45, 7) is 0.0707. The van der Waals surface area contributed by atoms with E-state index >= 15 is 0 Å². The van der Waals surface area contributed by atoms with Gasteiger partial charge in [0.15, 0.2) is 0 Å². The quantitative estimate of drug-likeness (QED) is 0.687. The number of nitriles is 1. The lowest BCUT2D eigenvalue weighted by atomic mass is 10.0. The maximum absolute atomic E-state index is 11.2. The van der Waals surface area contributed by atoms with E-state index in [2.05, 4.69) is 4.74 Å². The molecule has 0 saturated heterocycles. The average molecular weight is 206 g/mol. The highest BCUT2D eigenvalue weighted by Gasteiger charge is 2.13. The topological polar surface area (TPSA) is 96.3 Å². The number of aromatic hydroxyl groups is 1. The van der Waals surface area contributed by atoms with Gasteiger partial charge in [0.05, 0.1) is 18.2 Å². The van der Waals surface area contributed by atoms with E-state index in [-0.39, 0.29) is 23.4 Å². The summed E-state index contributed by atoms with van der Waals surface area (Å²) in [6.07, 6.45) is 0. The van der Waals surface area contributed by atoms with Crippen LogP contribution in [-0.4, -0.2) is 18.2 Å². The Labute approximate surface area is 86.7 Å². The second kappa shape index (κ2) is 4.44. The van der Waals surface area contributed by atoms with Crippen molar-refractivity contribution in [3.8, 4) is 11.8 Å². The van der Waals surface area contributed by atoms with Gasteiger partial charge >= 0.3 is 5.97 Å².